The molecule has 5 aromatic rings. The van der Waals surface area contributed by atoms with Crippen LogP contribution in [0.3, 0.4) is 0 Å². The highest BCUT2D eigenvalue weighted by Crippen LogP contribution is 2.22. The van der Waals surface area contributed by atoms with Crippen molar-refractivity contribution in [3.63, 3.8) is 0 Å². The smallest absolute Gasteiger partial charge is 0.265 e. The van der Waals surface area contributed by atoms with Gasteiger partial charge in [-0.05, 0) is 41.8 Å². The van der Waals surface area contributed by atoms with Gasteiger partial charge in [-0.15, -0.1) is 11.3 Å². The first kappa shape index (κ1) is 19.7. The summed E-state index contributed by atoms with van der Waals surface area (Å²) in [6.45, 7) is 0. The first-order chi connectivity index (χ1) is 15.7. The molecule has 0 saturated carbocycles. The molecule has 32 heavy (non-hydrogen) atoms. The lowest BCUT2D eigenvalue weighted by Crippen LogP contribution is -2.13. The molecule has 0 atom stereocenters. The topological polar surface area (TPSA) is 88.4 Å². The zero-order valence-electron chi connectivity index (χ0n) is 16.7. The average Bonchev–Trinajstić information content (AvgIpc) is 3.51. The summed E-state index contributed by atoms with van der Waals surface area (Å²) < 4.78 is 1.66. The molecule has 8 heteroatoms. The minimum Gasteiger partial charge on any atom is -0.322 e. The third-order valence-corrected chi connectivity index (χ3v) is 5.73. The monoisotopic (exact) mass is 439 g/mol. The van der Waals surface area contributed by atoms with Crippen molar-refractivity contribution in [1.29, 1.82) is 0 Å². The number of rotatable bonds is 5. The van der Waals surface area contributed by atoms with E-state index in [1.54, 1.807) is 41.0 Å². The average molecular weight is 440 g/mol. The van der Waals surface area contributed by atoms with Crippen LogP contribution in [0.25, 0.3) is 16.9 Å². The second-order valence-corrected chi connectivity index (χ2v) is 7.90. The molecule has 0 aliphatic heterocycles. The minimum absolute atomic E-state index is 0.163. The first-order valence-electron chi connectivity index (χ1n) is 9.83. The van der Waals surface area contributed by atoms with E-state index in [4.69, 9.17) is 0 Å². The number of carbonyl (C=O) groups is 2. The van der Waals surface area contributed by atoms with E-state index in [1.807, 2.05) is 47.8 Å². The summed E-state index contributed by atoms with van der Waals surface area (Å²) in [5.74, 6) is -0.475. The van der Waals surface area contributed by atoms with E-state index in [-0.39, 0.29) is 11.8 Å². The molecule has 0 aliphatic rings. The van der Waals surface area contributed by atoms with E-state index in [0.29, 0.717) is 27.5 Å². The van der Waals surface area contributed by atoms with Gasteiger partial charge in [0, 0.05) is 23.1 Å². The summed E-state index contributed by atoms with van der Waals surface area (Å²) in [7, 11) is 0. The number of fused-ring (bicyclic) bond motifs is 1. The van der Waals surface area contributed by atoms with Crippen LogP contribution in [0.2, 0.25) is 0 Å². The highest BCUT2D eigenvalue weighted by atomic mass is 32.1. The molecule has 156 valence electrons. The Kier molecular flexibility index (Phi) is 5.19. The van der Waals surface area contributed by atoms with Crippen LogP contribution in [0, 0.1) is 0 Å². The highest BCUT2D eigenvalue weighted by molar-refractivity contribution is 7.12. The van der Waals surface area contributed by atoms with E-state index in [1.165, 1.54) is 17.5 Å². The molecule has 3 aromatic heterocycles. The Hall–Kier alpha value is -4.30. The number of hydrogen-bond acceptors (Lipinski definition) is 5. The van der Waals surface area contributed by atoms with Gasteiger partial charge >= 0.3 is 0 Å². The Balaban J connectivity index is 1.33. The lowest BCUT2D eigenvalue weighted by atomic mass is 10.1. The second kappa shape index (κ2) is 8.44. The minimum atomic E-state index is -0.312. The van der Waals surface area contributed by atoms with Gasteiger partial charge in [-0.2, -0.15) is 5.10 Å². The van der Waals surface area contributed by atoms with Gasteiger partial charge in [0.1, 0.15) is 5.56 Å². The van der Waals surface area contributed by atoms with Crippen molar-refractivity contribution in [3.05, 3.63) is 101 Å². The van der Waals surface area contributed by atoms with Gasteiger partial charge in [-0.3, -0.25) is 9.59 Å². The summed E-state index contributed by atoms with van der Waals surface area (Å²) in [5.41, 5.74) is 3.92. The van der Waals surface area contributed by atoms with Crippen LogP contribution < -0.4 is 10.6 Å². The fraction of sp³-hybridized carbons (Fsp3) is 0. The molecule has 2 aromatic carbocycles. The van der Waals surface area contributed by atoms with Crippen molar-refractivity contribution in [1.82, 2.24) is 14.6 Å². The van der Waals surface area contributed by atoms with Crippen molar-refractivity contribution < 1.29 is 9.59 Å². The van der Waals surface area contributed by atoms with Crippen LogP contribution in [0.4, 0.5) is 11.4 Å². The first-order valence-corrected chi connectivity index (χ1v) is 10.7. The molecule has 2 N–H and O–H groups in total. The Labute approximate surface area is 187 Å². The molecule has 0 fully saturated rings. The number of thiophene rings is 1. The summed E-state index contributed by atoms with van der Waals surface area (Å²) in [6.07, 6.45) is 3.18. The number of carbonyl (C=O) groups excluding carboxylic acids is 2. The van der Waals surface area contributed by atoms with Crippen molar-refractivity contribution in [3.8, 4) is 11.3 Å². The predicted molar refractivity (Wildman–Crippen MR) is 125 cm³/mol. The number of nitrogens with one attached hydrogen (secondary N) is 2. The largest absolute Gasteiger partial charge is 0.322 e. The van der Waals surface area contributed by atoms with Crippen molar-refractivity contribution in [2.75, 3.05) is 10.6 Å². The number of anilines is 2. The van der Waals surface area contributed by atoms with E-state index >= 15 is 0 Å². The molecule has 0 unspecified atom stereocenters. The Bertz CT molecular complexity index is 1390. The van der Waals surface area contributed by atoms with Crippen molar-refractivity contribution >= 4 is 40.2 Å². The Morgan fingerprint density at radius 3 is 2.22 bits per heavy atom. The van der Waals surface area contributed by atoms with E-state index < -0.39 is 0 Å². The van der Waals surface area contributed by atoms with Crippen LogP contribution in [0.1, 0.15) is 20.0 Å². The lowest BCUT2D eigenvalue weighted by molar-refractivity contribution is 0.102. The molecule has 2 amide bonds. The van der Waals surface area contributed by atoms with Gasteiger partial charge in [-0.1, -0.05) is 36.4 Å². The molecule has 7 nitrogen and oxygen atoms in total. The molecule has 0 saturated heterocycles. The number of amides is 2. The van der Waals surface area contributed by atoms with Crippen molar-refractivity contribution in [2.24, 2.45) is 0 Å². The van der Waals surface area contributed by atoms with Gasteiger partial charge in [0.05, 0.1) is 16.8 Å². The SMILES string of the molecule is O=C(Nc1ccc(NC(=O)c2cnn3c(-c4ccccc4)ccnc23)cc1)c1cccs1. The molecule has 3 heterocycles. The summed E-state index contributed by atoms with van der Waals surface area (Å²) in [4.78, 5) is 30.0. The third-order valence-electron chi connectivity index (χ3n) is 4.86. The number of nitrogens with zero attached hydrogens (tertiary/aromatic N) is 3. The van der Waals surface area contributed by atoms with E-state index in [9.17, 15) is 9.59 Å². The maximum atomic E-state index is 12.9. The summed E-state index contributed by atoms with van der Waals surface area (Å²) in [6, 6.07) is 22.2. The summed E-state index contributed by atoms with van der Waals surface area (Å²) in [5, 5.41) is 11.9. The van der Waals surface area contributed by atoms with Gasteiger partial charge in [0.25, 0.3) is 11.8 Å². The Morgan fingerprint density at radius 1 is 0.812 bits per heavy atom. The molecule has 0 radical (unpaired) electrons. The van der Waals surface area contributed by atoms with Crippen LogP contribution in [-0.4, -0.2) is 26.4 Å². The fourth-order valence-electron chi connectivity index (χ4n) is 3.31. The van der Waals surface area contributed by atoms with Crippen molar-refractivity contribution in [2.45, 2.75) is 0 Å². The molecular formula is C24H17N5O2S. The standard InChI is InChI=1S/C24H17N5O2S/c30-23(27-17-8-10-18(11-9-17)28-24(31)21-7-4-14-32-21)19-15-26-29-20(12-13-25-22(19)29)16-5-2-1-3-6-16/h1-15H,(H,27,30)(H,28,31). The van der Waals surface area contributed by atoms with Gasteiger partial charge < -0.3 is 10.6 Å². The maximum Gasteiger partial charge on any atom is 0.265 e. The molecule has 5 rings (SSSR count). The van der Waals surface area contributed by atoms with Gasteiger partial charge in [-0.25, -0.2) is 9.50 Å². The fourth-order valence-corrected chi connectivity index (χ4v) is 3.93. The molecule has 0 spiro atoms. The van der Waals surface area contributed by atoms with E-state index in [2.05, 4.69) is 20.7 Å². The van der Waals surface area contributed by atoms with Crippen LogP contribution in [0.15, 0.2) is 90.6 Å². The molecule has 0 bridgehead atoms. The van der Waals surface area contributed by atoms with Crippen LogP contribution >= 0.6 is 11.3 Å². The van der Waals surface area contributed by atoms with Gasteiger partial charge in [0.15, 0.2) is 5.65 Å². The zero-order valence-corrected chi connectivity index (χ0v) is 17.5. The summed E-state index contributed by atoms with van der Waals surface area (Å²) >= 11 is 1.38. The second-order valence-electron chi connectivity index (χ2n) is 6.95. The molecular weight excluding hydrogens is 422 g/mol. The van der Waals surface area contributed by atoms with Crippen LogP contribution in [-0.2, 0) is 0 Å². The molecule has 0 aliphatic carbocycles. The Morgan fingerprint density at radius 2 is 1.53 bits per heavy atom. The van der Waals surface area contributed by atoms with Gasteiger partial charge in [0.2, 0.25) is 0 Å². The maximum absolute atomic E-state index is 12.9. The number of hydrogen-bond donors (Lipinski definition) is 2. The number of benzene rings is 2. The quantitative estimate of drug-likeness (QED) is 0.405. The lowest BCUT2D eigenvalue weighted by Gasteiger charge is -2.07. The third kappa shape index (κ3) is 3.86. The normalized spacial score (nSPS) is 10.8. The highest BCUT2D eigenvalue weighted by Gasteiger charge is 2.16. The number of aromatic nitrogens is 3. The zero-order chi connectivity index (χ0) is 21.9. The van der Waals surface area contributed by atoms with E-state index in [0.717, 1.165) is 11.3 Å². The predicted octanol–water partition coefficient (Wildman–Crippen LogP) is 4.96. The van der Waals surface area contributed by atoms with Crippen LogP contribution in [0.5, 0.6) is 0 Å².